The van der Waals surface area contributed by atoms with Crippen LogP contribution in [0, 0.1) is 6.92 Å². The van der Waals surface area contributed by atoms with Gasteiger partial charge in [0.2, 0.25) is 0 Å². The maximum Gasteiger partial charge on any atom is 0.128 e. The maximum atomic E-state index is 5.94. The van der Waals surface area contributed by atoms with Crippen LogP contribution in [0.4, 0.5) is 5.69 Å². The van der Waals surface area contributed by atoms with Crippen LogP contribution in [0.3, 0.4) is 0 Å². The number of aromatic nitrogens is 2. The van der Waals surface area contributed by atoms with Crippen LogP contribution in [-0.2, 0) is 12.8 Å². The molecule has 90 valence electrons. The van der Waals surface area contributed by atoms with Crippen LogP contribution >= 0.6 is 23.4 Å². The summed E-state index contributed by atoms with van der Waals surface area (Å²) in [6, 6.07) is 5.94. The highest BCUT2D eigenvalue weighted by Gasteiger charge is 2.06. The van der Waals surface area contributed by atoms with Crippen LogP contribution in [0.15, 0.2) is 29.3 Å². The topological polar surface area (TPSA) is 43.8 Å². The number of thioether (sulfide) groups is 1. The summed E-state index contributed by atoms with van der Waals surface area (Å²) in [4.78, 5) is 5.45. The first-order valence-electron chi connectivity index (χ1n) is 5.23. The summed E-state index contributed by atoms with van der Waals surface area (Å²) in [7, 11) is 1.91. The second-order valence-electron chi connectivity index (χ2n) is 3.87. The molecule has 0 spiro atoms. The number of nitrogens with zero attached hydrogens (tertiary/aromatic N) is 2. The molecule has 2 rings (SSSR count). The van der Waals surface area contributed by atoms with Gasteiger partial charge in [0.05, 0.1) is 11.9 Å². The highest BCUT2D eigenvalue weighted by Crippen LogP contribution is 2.27. The van der Waals surface area contributed by atoms with Crippen molar-refractivity contribution in [1.82, 2.24) is 9.55 Å². The summed E-state index contributed by atoms with van der Waals surface area (Å²) in [6.07, 6.45) is 1.67. The van der Waals surface area contributed by atoms with Crippen molar-refractivity contribution >= 4 is 29.1 Å². The number of anilines is 1. The molecule has 0 saturated carbocycles. The Morgan fingerprint density at radius 2 is 2.24 bits per heavy atom. The van der Waals surface area contributed by atoms with Crippen LogP contribution < -0.4 is 5.73 Å². The summed E-state index contributed by atoms with van der Waals surface area (Å²) < 4.78 is 1.89. The largest absolute Gasteiger partial charge is 0.399 e. The number of aryl methyl sites for hydroxylation is 1. The molecule has 2 aromatic rings. The van der Waals surface area contributed by atoms with E-state index < -0.39 is 0 Å². The lowest BCUT2D eigenvalue weighted by Gasteiger charge is -2.07. The summed E-state index contributed by atoms with van der Waals surface area (Å²) in [6.45, 7) is 2.08. The Morgan fingerprint density at radius 3 is 2.88 bits per heavy atom. The highest BCUT2D eigenvalue weighted by atomic mass is 35.5. The number of imidazole rings is 1. The Morgan fingerprint density at radius 1 is 1.47 bits per heavy atom. The molecule has 2 N–H and O–H groups in total. The molecule has 1 heterocycles. The SMILES string of the molecule is Cc1ccc(N)cc1SCc1ncc(Cl)n1C. The molecule has 1 aromatic heterocycles. The van der Waals surface area contributed by atoms with Crippen LogP contribution in [0.1, 0.15) is 11.4 Å². The number of halogens is 1. The van der Waals surface area contributed by atoms with Gasteiger partial charge in [-0.25, -0.2) is 4.98 Å². The van der Waals surface area contributed by atoms with Crippen LogP contribution in [0.25, 0.3) is 0 Å². The molecule has 5 heteroatoms. The van der Waals surface area contributed by atoms with E-state index in [1.165, 1.54) is 10.5 Å². The summed E-state index contributed by atoms with van der Waals surface area (Å²) in [5.41, 5.74) is 7.79. The Balaban J connectivity index is 2.12. The second kappa shape index (κ2) is 5.02. The molecule has 0 radical (unpaired) electrons. The highest BCUT2D eigenvalue weighted by molar-refractivity contribution is 7.98. The molecule has 0 aliphatic carbocycles. The Hall–Kier alpha value is -1.13. The molecule has 1 aromatic carbocycles. The monoisotopic (exact) mass is 267 g/mol. The second-order valence-corrected chi connectivity index (χ2v) is 5.27. The van der Waals surface area contributed by atoms with Crippen molar-refractivity contribution in [3.63, 3.8) is 0 Å². The zero-order valence-electron chi connectivity index (χ0n) is 9.77. The Kier molecular flexibility index (Phi) is 3.64. The van der Waals surface area contributed by atoms with Gasteiger partial charge >= 0.3 is 0 Å². The van der Waals surface area contributed by atoms with Gasteiger partial charge < -0.3 is 10.3 Å². The van der Waals surface area contributed by atoms with E-state index in [0.29, 0.717) is 5.15 Å². The lowest BCUT2D eigenvalue weighted by molar-refractivity contribution is 0.850. The van der Waals surface area contributed by atoms with Gasteiger partial charge in [-0.05, 0) is 24.6 Å². The van der Waals surface area contributed by atoms with E-state index in [9.17, 15) is 0 Å². The van der Waals surface area contributed by atoms with Gasteiger partial charge in [-0.3, -0.25) is 0 Å². The van der Waals surface area contributed by atoms with Gasteiger partial charge in [0.25, 0.3) is 0 Å². The zero-order valence-corrected chi connectivity index (χ0v) is 11.3. The first kappa shape index (κ1) is 12.3. The van der Waals surface area contributed by atoms with Gasteiger partial charge in [-0.15, -0.1) is 11.8 Å². The number of hydrogen-bond donors (Lipinski definition) is 1. The average Bonchev–Trinajstić information content (AvgIpc) is 2.62. The molecular weight excluding hydrogens is 254 g/mol. The van der Waals surface area contributed by atoms with Gasteiger partial charge in [0, 0.05) is 17.6 Å². The number of benzene rings is 1. The van der Waals surface area contributed by atoms with E-state index >= 15 is 0 Å². The molecule has 17 heavy (non-hydrogen) atoms. The summed E-state index contributed by atoms with van der Waals surface area (Å²) in [5.74, 6) is 1.75. The molecule has 0 fully saturated rings. The van der Waals surface area contributed by atoms with Gasteiger partial charge in [0.1, 0.15) is 11.0 Å². The van der Waals surface area contributed by atoms with Crippen molar-refractivity contribution in [2.24, 2.45) is 7.05 Å². The standard InChI is InChI=1S/C12H14ClN3S/c1-8-3-4-9(14)5-10(8)17-7-12-15-6-11(13)16(12)2/h3-6H,7,14H2,1-2H3. The number of nitrogens with two attached hydrogens (primary N) is 1. The van der Waals surface area contributed by atoms with E-state index in [0.717, 1.165) is 17.3 Å². The van der Waals surface area contributed by atoms with Crippen LogP contribution in [-0.4, -0.2) is 9.55 Å². The molecule has 0 unspecified atom stereocenters. The maximum absolute atomic E-state index is 5.94. The number of nitrogen functional groups attached to an aromatic ring is 1. The molecule has 0 bridgehead atoms. The van der Waals surface area contributed by atoms with Gasteiger partial charge in [0.15, 0.2) is 0 Å². The predicted octanol–water partition coefficient (Wildman–Crippen LogP) is 3.26. The van der Waals surface area contributed by atoms with Crippen molar-refractivity contribution in [3.8, 4) is 0 Å². The van der Waals surface area contributed by atoms with E-state index in [4.69, 9.17) is 17.3 Å². The van der Waals surface area contributed by atoms with Crippen molar-refractivity contribution in [1.29, 1.82) is 0 Å². The molecule has 0 aliphatic rings. The van der Waals surface area contributed by atoms with Gasteiger partial charge in [-0.1, -0.05) is 17.7 Å². The van der Waals surface area contributed by atoms with Crippen LogP contribution in [0.5, 0.6) is 0 Å². The summed E-state index contributed by atoms with van der Waals surface area (Å²) in [5, 5.41) is 0.657. The average molecular weight is 268 g/mol. The van der Waals surface area contributed by atoms with E-state index in [1.54, 1.807) is 18.0 Å². The van der Waals surface area contributed by atoms with Gasteiger partial charge in [-0.2, -0.15) is 0 Å². The third-order valence-corrected chi connectivity index (χ3v) is 4.10. The lowest BCUT2D eigenvalue weighted by Crippen LogP contribution is -1.96. The molecular formula is C12H14ClN3S. The van der Waals surface area contributed by atoms with Crippen molar-refractivity contribution in [2.45, 2.75) is 17.6 Å². The third-order valence-electron chi connectivity index (χ3n) is 2.60. The lowest BCUT2D eigenvalue weighted by atomic mass is 10.2. The number of rotatable bonds is 3. The van der Waals surface area contributed by atoms with Crippen molar-refractivity contribution < 1.29 is 0 Å². The molecule has 0 atom stereocenters. The minimum atomic E-state index is 0.657. The zero-order chi connectivity index (χ0) is 12.4. The molecule has 0 aliphatic heterocycles. The third kappa shape index (κ3) is 2.76. The first-order valence-corrected chi connectivity index (χ1v) is 6.59. The van der Waals surface area contributed by atoms with Crippen LogP contribution in [0.2, 0.25) is 5.15 Å². The van der Waals surface area contributed by atoms with Crippen molar-refractivity contribution in [3.05, 3.63) is 40.9 Å². The number of hydrogen-bond acceptors (Lipinski definition) is 3. The quantitative estimate of drug-likeness (QED) is 0.686. The molecule has 3 nitrogen and oxygen atoms in total. The Labute approximate surface area is 110 Å². The van der Waals surface area contributed by atoms with Crippen molar-refractivity contribution in [2.75, 3.05) is 5.73 Å². The van der Waals surface area contributed by atoms with E-state index in [1.807, 2.05) is 29.8 Å². The molecule has 0 amide bonds. The minimum absolute atomic E-state index is 0.657. The minimum Gasteiger partial charge on any atom is -0.399 e. The fourth-order valence-electron chi connectivity index (χ4n) is 1.47. The fraction of sp³-hybridized carbons (Fsp3) is 0.250. The summed E-state index contributed by atoms with van der Waals surface area (Å²) >= 11 is 7.66. The molecule has 0 saturated heterocycles. The first-order chi connectivity index (χ1) is 8.08. The van der Waals surface area contributed by atoms with E-state index in [2.05, 4.69) is 11.9 Å². The smallest absolute Gasteiger partial charge is 0.128 e. The normalized spacial score (nSPS) is 10.8. The predicted molar refractivity (Wildman–Crippen MR) is 73.4 cm³/mol. The fourth-order valence-corrected chi connectivity index (χ4v) is 2.69. The van der Waals surface area contributed by atoms with E-state index in [-0.39, 0.29) is 0 Å². The Bertz CT molecular complexity index is 537.